The predicted octanol–water partition coefficient (Wildman–Crippen LogP) is 3.50. The van der Waals surface area contributed by atoms with Crippen molar-refractivity contribution in [3.63, 3.8) is 0 Å². The highest BCUT2D eigenvalue weighted by Gasteiger charge is 2.16. The Morgan fingerprint density at radius 3 is 2.33 bits per heavy atom. The van der Waals surface area contributed by atoms with Gasteiger partial charge in [0.25, 0.3) is 10.0 Å². The van der Waals surface area contributed by atoms with Crippen LogP contribution in [0.4, 0.5) is 5.69 Å². The van der Waals surface area contributed by atoms with Crippen molar-refractivity contribution in [1.29, 1.82) is 0 Å². The molecule has 112 valence electrons. The van der Waals surface area contributed by atoms with Crippen LogP contribution in [0.5, 0.6) is 0 Å². The molecular weight excluding hydrogens is 310 g/mol. The minimum absolute atomic E-state index is 0.131. The molecule has 0 aromatic heterocycles. The number of hydrogen-bond acceptors (Lipinski definition) is 3. The predicted molar refractivity (Wildman–Crippen MR) is 84.1 cm³/mol. The number of benzene rings is 2. The van der Waals surface area contributed by atoms with Gasteiger partial charge in [-0.15, -0.1) is 0 Å². The van der Waals surface area contributed by atoms with E-state index in [1.807, 2.05) is 0 Å². The number of aliphatic hydroxyl groups is 1. The molecule has 0 saturated carbocycles. The summed E-state index contributed by atoms with van der Waals surface area (Å²) in [4.78, 5) is 0.131. The standard InChI is InChI=1S/C15H16ClNO3S/c1-10-14(16)4-3-5-15(10)17-21(19,20)13-8-6-12(7-9-13)11(2)18/h3-9,11,17-18H,1-2H3. The van der Waals surface area contributed by atoms with Crippen molar-refractivity contribution in [2.75, 3.05) is 4.72 Å². The van der Waals surface area contributed by atoms with E-state index in [0.29, 0.717) is 21.8 Å². The molecule has 2 aromatic rings. The van der Waals surface area contributed by atoms with E-state index in [4.69, 9.17) is 11.6 Å². The average Bonchev–Trinajstić information content (AvgIpc) is 2.44. The van der Waals surface area contributed by atoms with Crippen molar-refractivity contribution >= 4 is 27.3 Å². The first-order chi connectivity index (χ1) is 9.81. The smallest absolute Gasteiger partial charge is 0.261 e. The number of sulfonamides is 1. The maximum atomic E-state index is 12.3. The molecule has 2 rings (SSSR count). The largest absolute Gasteiger partial charge is 0.389 e. The minimum Gasteiger partial charge on any atom is -0.389 e. The van der Waals surface area contributed by atoms with Crippen molar-refractivity contribution in [3.05, 3.63) is 58.6 Å². The van der Waals surface area contributed by atoms with E-state index in [1.54, 1.807) is 44.2 Å². The molecule has 0 aliphatic heterocycles. The monoisotopic (exact) mass is 325 g/mol. The Labute approximate surface area is 129 Å². The fourth-order valence-corrected chi connectivity index (χ4v) is 3.14. The molecule has 2 N–H and O–H groups in total. The first kappa shape index (κ1) is 15.8. The van der Waals surface area contributed by atoms with Crippen LogP contribution >= 0.6 is 11.6 Å². The number of halogens is 1. The molecule has 4 nitrogen and oxygen atoms in total. The van der Waals surface area contributed by atoms with Gasteiger partial charge < -0.3 is 5.11 Å². The van der Waals surface area contributed by atoms with Gasteiger partial charge in [-0.2, -0.15) is 0 Å². The average molecular weight is 326 g/mol. The fraction of sp³-hybridized carbons (Fsp3) is 0.200. The Kier molecular flexibility index (Phi) is 4.56. The highest BCUT2D eigenvalue weighted by molar-refractivity contribution is 7.92. The van der Waals surface area contributed by atoms with Gasteiger partial charge in [0.2, 0.25) is 0 Å². The summed E-state index contributed by atoms with van der Waals surface area (Å²) < 4.78 is 27.2. The first-order valence-electron chi connectivity index (χ1n) is 6.37. The summed E-state index contributed by atoms with van der Waals surface area (Å²) in [6.07, 6.45) is -0.634. The molecule has 2 aromatic carbocycles. The summed E-state index contributed by atoms with van der Waals surface area (Å²) in [5.74, 6) is 0. The number of rotatable bonds is 4. The zero-order chi connectivity index (χ0) is 15.6. The third kappa shape index (κ3) is 3.56. The minimum atomic E-state index is -3.69. The summed E-state index contributed by atoms with van der Waals surface area (Å²) in [6.45, 7) is 3.37. The SMILES string of the molecule is Cc1c(Cl)cccc1NS(=O)(=O)c1ccc(C(C)O)cc1. The molecule has 0 spiro atoms. The summed E-state index contributed by atoms with van der Waals surface area (Å²) in [6, 6.07) is 11.1. The van der Waals surface area contributed by atoms with Crippen LogP contribution in [0.25, 0.3) is 0 Å². The summed E-state index contributed by atoms with van der Waals surface area (Å²) in [5, 5.41) is 9.94. The molecule has 1 unspecified atom stereocenters. The molecule has 0 aliphatic carbocycles. The van der Waals surface area contributed by atoms with Crippen LogP contribution in [0.3, 0.4) is 0 Å². The quantitative estimate of drug-likeness (QED) is 0.904. The molecule has 1 atom stereocenters. The van der Waals surface area contributed by atoms with Crippen LogP contribution in [0.2, 0.25) is 5.02 Å². The van der Waals surface area contributed by atoms with Gasteiger partial charge in [0.05, 0.1) is 16.7 Å². The zero-order valence-electron chi connectivity index (χ0n) is 11.7. The van der Waals surface area contributed by atoms with E-state index in [9.17, 15) is 13.5 Å². The van der Waals surface area contributed by atoms with Gasteiger partial charge in [0.1, 0.15) is 0 Å². The highest BCUT2D eigenvalue weighted by atomic mass is 35.5. The molecule has 0 amide bonds. The van der Waals surface area contributed by atoms with Crippen molar-refractivity contribution < 1.29 is 13.5 Å². The van der Waals surface area contributed by atoms with E-state index in [1.165, 1.54) is 12.1 Å². The number of nitrogens with one attached hydrogen (secondary N) is 1. The maximum Gasteiger partial charge on any atom is 0.261 e. The Bertz CT molecular complexity index is 740. The third-order valence-corrected chi connectivity index (χ3v) is 4.98. The number of hydrogen-bond donors (Lipinski definition) is 2. The van der Waals surface area contributed by atoms with E-state index in [-0.39, 0.29) is 4.90 Å². The molecule has 0 saturated heterocycles. The van der Waals surface area contributed by atoms with E-state index < -0.39 is 16.1 Å². The second-order valence-corrected chi connectivity index (χ2v) is 6.85. The molecule has 0 fully saturated rings. The van der Waals surface area contributed by atoms with Gasteiger partial charge >= 0.3 is 0 Å². The summed E-state index contributed by atoms with van der Waals surface area (Å²) in [5.41, 5.74) is 1.78. The van der Waals surface area contributed by atoms with Crippen LogP contribution in [-0.4, -0.2) is 13.5 Å². The lowest BCUT2D eigenvalue weighted by molar-refractivity contribution is 0.199. The van der Waals surface area contributed by atoms with Crippen LogP contribution in [0.15, 0.2) is 47.4 Å². The van der Waals surface area contributed by atoms with E-state index in [0.717, 1.165) is 0 Å². The lowest BCUT2D eigenvalue weighted by Gasteiger charge is -2.12. The van der Waals surface area contributed by atoms with Crippen molar-refractivity contribution in [1.82, 2.24) is 0 Å². The Hall–Kier alpha value is -1.56. The molecule has 21 heavy (non-hydrogen) atoms. The van der Waals surface area contributed by atoms with E-state index >= 15 is 0 Å². The molecular formula is C15H16ClNO3S. The van der Waals surface area contributed by atoms with Gasteiger partial charge in [-0.1, -0.05) is 29.8 Å². The van der Waals surface area contributed by atoms with Gasteiger partial charge in [-0.05, 0) is 49.2 Å². The van der Waals surface area contributed by atoms with Crippen molar-refractivity contribution in [2.24, 2.45) is 0 Å². The van der Waals surface area contributed by atoms with Gasteiger partial charge in [0, 0.05) is 5.02 Å². The summed E-state index contributed by atoms with van der Waals surface area (Å²) in [7, 11) is -3.69. The lowest BCUT2D eigenvalue weighted by Crippen LogP contribution is -2.14. The van der Waals surface area contributed by atoms with Gasteiger partial charge in [-0.25, -0.2) is 8.42 Å². The van der Waals surface area contributed by atoms with Crippen molar-refractivity contribution in [3.8, 4) is 0 Å². The first-order valence-corrected chi connectivity index (χ1v) is 8.23. The summed E-state index contributed by atoms with van der Waals surface area (Å²) >= 11 is 5.98. The van der Waals surface area contributed by atoms with Gasteiger partial charge in [0.15, 0.2) is 0 Å². The fourth-order valence-electron chi connectivity index (χ4n) is 1.85. The van der Waals surface area contributed by atoms with Crippen LogP contribution in [0, 0.1) is 6.92 Å². The molecule has 6 heteroatoms. The Morgan fingerprint density at radius 2 is 1.76 bits per heavy atom. The number of anilines is 1. The van der Waals surface area contributed by atoms with Crippen LogP contribution in [-0.2, 0) is 10.0 Å². The van der Waals surface area contributed by atoms with Crippen LogP contribution in [0.1, 0.15) is 24.2 Å². The van der Waals surface area contributed by atoms with Crippen LogP contribution < -0.4 is 4.72 Å². The maximum absolute atomic E-state index is 12.3. The Morgan fingerprint density at radius 1 is 1.14 bits per heavy atom. The lowest BCUT2D eigenvalue weighted by atomic mass is 10.1. The highest BCUT2D eigenvalue weighted by Crippen LogP contribution is 2.25. The topological polar surface area (TPSA) is 66.4 Å². The molecule has 0 bridgehead atoms. The second-order valence-electron chi connectivity index (χ2n) is 4.76. The normalized spacial score (nSPS) is 13.0. The van der Waals surface area contributed by atoms with E-state index in [2.05, 4.69) is 4.72 Å². The Balaban J connectivity index is 2.32. The number of aliphatic hydroxyl groups excluding tert-OH is 1. The molecule has 0 aliphatic rings. The molecule has 0 radical (unpaired) electrons. The van der Waals surface area contributed by atoms with Crippen molar-refractivity contribution in [2.45, 2.75) is 24.8 Å². The van der Waals surface area contributed by atoms with Gasteiger partial charge in [-0.3, -0.25) is 4.72 Å². The zero-order valence-corrected chi connectivity index (χ0v) is 13.2. The second kappa shape index (κ2) is 6.05. The molecule has 0 heterocycles. The third-order valence-electron chi connectivity index (χ3n) is 3.18.